The van der Waals surface area contributed by atoms with Crippen LogP contribution in [0.3, 0.4) is 0 Å². The SMILES string of the molecule is Cc1cccc(C=CC(=O)N2CCS(=O)(=O)c3c2c(C)nn3C)c1. The van der Waals surface area contributed by atoms with Gasteiger partial charge in [0.2, 0.25) is 0 Å². The lowest BCUT2D eigenvalue weighted by Crippen LogP contribution is -2.39. The summed E-state index contributed by atoms with van der Waals surface area (Å²) in [6.07, 6.45) is 3.22. The normalized spacial score (nSPS) is 16.4. The van der Waals surface area contributed by atoms with E-state index in [1.54, 1.807) is 20.0 Å². The second kappa shape index (κ2) is 5.90. The van der Waals surface area contributed by atoms with Gasteiger partial charge in [-0.1, -0.05) is 29.8 Å². The maximum absolute atomic E-state index is 12.6. The summed E-state index contributed by atoms with van der Waals surface area (Å²) in [5, 5.41) is 4.28. The van der Waals surface area contributed by atoms with Crippen molar-refractivity contribution in [2.24, 2.45) is 7.05 Å². The zero-order valence-electron chi connectivity index (χ0n) is 13.9. The Morgan fingerprint density at radius 1 is 1.29 bits per heavy atom. The van der Waals surface area contributed by atoms with Crippen molar-refractivity contribution in [2.75, 3.05) is 17.2 Å². The number of hydrogen-bond acceptors (Lipinski definition) is 4. The zero-order valence-corrected chi connectivity index (χ0v) is 14.7. The van der Waals surface area contributed by atoms with Crippen molar-refractivity contribution in [3.8, 4) is 0 Å². The van der Waals surface area contributed by atoms with Gasteiger partial charge in [0.05, 0.1) is 11.4 Å². The largest absolute Gasteiger partial charge is 0.304 e. The van der Waals surface area contributed by atoms with E-state index in [0.717, 1.165) is 11.1 Å². The van der Waals surface area contributed by atoms with Crippen LogP contribution in [0.4, 0.5) is 5.69 Å². The van der Waals surface area contributed by atoms with E-state index in [2.05, 4.69) is 5.10 Å². The van der Waals surface area contributed by atoms with Crippen molar-refractivity contribution in [1.29, 1.82) is 0 Å². The molecule has 1 aromatic heterocycles. The van der Waals surface area contributed by atoms with Crippen LogP contribution in [0, 0.1) is 13.8 Å². The molecule has 1 amide bonds. The van der Waals surface area contributed by atoms with Gasteiger partial charge in [-0.25, -0.2) is 8.42 Å². The molecule has 0 bridgehead atoms. The first-order valence-corrected chi connectivity index (χ1v) is 9.27. The van der Waals surface area contributed by atoms with Gasteiger partial charge < -0.3 is 4.90 Å². The van der Waals surface area contributed by atoms with Crippen LogP contribution in [0.1, 0.15) is 16.8 Å². The first kappa shape index (κ1) is 16.4. The third-order valence-corrected chi connectivity index (χ3v) is 5.78. The number of sulfone groups is 1. The van der Waals surface area contributed by atoms with Crippen LogP contribution >= 0.6 is 0 Å². The number of fused-ring (bicyclic) bond motifs is 1. The molecule has 0 fully saturated rings. The van der Waals surface area contributed by atoms with Crippen LogP contribution in [0.25, 0.3) is 6.08 Å². The van der Waals surface area contributed by atoms with Gasteiger partial charge in [-0.15, -0.1) is 0 Å². The van der Waals surface area contributed by atoms with Crippen molar-refractivity contribution in [3.63, 3.8) is 0 Å². The molecule has 0 atom stereocenters. The van der Waals surface area contributed by atoms with Gasteiger partial charge in [0, 0.05) is 19.7 Å². The van der Waals surface area contributed by atoms with E-state index < -0.39 is 9.84 Å². The molecule has 2 aromatic rings. The topological polar surface area (TPSA) is 72.3 Å². The summed E-state index contributed by atoms with van der Waals surface area (Å²) in [6, 6.07) is 7.81. The Balaban J connectivity index is 1.95. The number of carbonyl (C=O) groups excluding carboxylic acids is 1. The Bertz CT molecular complexity index is 942. The van der Waals surface area contributed by atoms with Crippen LogP contribution in [-0.2, 0) is 21.7 Å². The summed E-state index contributed by atoms with van der Waals surface area (Å²) < 4.78 is 25.9. The lowest BCUT2D eigenvalue weighted by molar-refractivity contribution is -0.114. The molecule has 126 valence electrons. The first-order valence-electron chi connectivity index (χ1n) is 7.62. The zero-order chi connectivity index (χ0) is 17.5. The number of aryl methyl sites for hydroxylation is 3. The molecule has 1 aliphatic heterocycles. The lowest BCUT2D eigenvalue weighted by atomic mass is 10.1. The molecule has 3 rings (SSSR count). The fourth-order valence-corrected chi connectivity index (χ4v) is 4.57. The van der Waals surface area contributed by atoms with Crippen LogP contribution in [-0.4, -0.2) is 36.4 Å². The average molecular weight is 345 g/mol. The molecular weight excluding hydrogens is 326 g/mol. The van der Waals surface area contributed by atoms with E-state index >= 15 is 0 Å². The summed E-state index contributed by atoms with van der Waals surface area (Å²) in [6.45, 7) is 3.84. The monoisotopic (exact) mass is 345 g/mol. The average Bonchev–Trinajstić information content (AvgIpc) is 2.81. The van der Waals surface area contributed by atoms with Crippen molar-refractivity contribution in [2.45, 2.75) is 18.9 Å². The smallest absolute Gasteiger partial charge is 0.251 e. The molecule has 1 aliphatic rings. The second-order valence-electron chi connectivity index (χ2n) is 5.92. The standard InChI is InChI=1S/C17H19N3O3S/c1-12-5-4-6-14(11-12)7-8-15(21)20-9-10-24(22,23)17-16(20)13(2)18-19(17)3/h4-8,11H,9-10H2,1-3H3. The van der Waals surface area contributed by atoms with Crippen molar-refractivity contribution >= 4 is 27.5 Å². The number of nitrogens with zero attached hydrogens (tertiary/aromatic N) is 3. The number of rotatable bonds is 2. The molecule has 0 saturated carbocycles. The number of anilines is 1. The van der Waals surface area contributed by atoms with Gasteiger partial charge in [-0.05, 0) is 25.5 Å². The molecule has 0 N–H and O–H groups in total. The Morgan fingerprint density at radius 3 is 2.75 bits per heavy atom. The molecule has 6 nitrogen and oxygen atoms in total. The van der Waals surface area contributed by atoms with E-state index in [0.29, 0.717) is 11.4 Å². The molecule has 7 heteroatoms. The lowest BCUT2D eigenvalue weighted by Gasteiger charge is -2.26. The fraction of sp³-hybridized carbons (Fsp3) is 0.294. The highest BCUT2D eigenvalue weighted by Gasteiger charge is 2.36. The Kier molecular flexibility index (Phi) is 4.04. The van der Waals surface area contributed by atoms with Gasteiger partial charge >= 0.3 is 0 Å². The molecule has 0 spiro atoms. The van der Waals surface area contributed by atoms with Crippen LogP contribution in [0.5, 0.6) is 0 Å². The van der Waals surface area contributed by atoms with Gasteiger partial charge in [-0.2, -0.15) is 5.10 Å². The Labute approximate surface area is 141 Å². The Hall–Kier alpha value is -2.41. The van der Waals surface area contributed by atoms with E-state index in [1.807, 2.05) is 31.2 Å². The number of hydrogen-bond donors (Lipinski definition) is 0. The fourth-order valence-electron chi connectivity index (χ4n) is 2.96. The minimum atomic E-state index is -3.41. The molecule has 0 unspecified atom stereocenters. The maximum atomic E-state index is 12.6. The number of benzene rings is 1. The van der Waals surface area contributed by atoms with E-state index in [1.165, 1.54) is 15.7 Å². The summed E-state index contributed by atoms with van der Waals surface area (Å²) >= 11 is 0. The molecule has 24 heavy (non-hydrogen) atoms. The minimum Gasteiger partial charge on any atom is -0.304 e. The van der Waals surface area contributed by atoms with Gasteiger partial charge in [-0.3, -0.25) is 9.48 Å². The summed E-state index contributed by atoms with van der Waals surface area (Å²) in [5.74, 6) is -0.341. The van der Waals surface area contributed by atoms with Crippen LogP contribution < -0.4 is 4.90 Å². The molecule has 1 aromatic carbocycles. The van der Waals surface area contributed by atoms with Gasteiger partial charge in [0.25, 0.3) is 5.91 Å². The van der Waals surface area contributed by atoms with E-state index in [-0.39, 0.29) is 23.2 Å². The summed E-state index contributed by atoms with van der Waals surface area (Å²) in [5.41, 5.74) is 2.96. The quantitative estimate of drug-likeness (QED) is 0.779. The molecular formula is C17H19N3O3S. The predicted molar refractivity (Wildman–Crippen MR) is 92.6 cm³/mol. The maximum Gasteiger partial charge on any atom is 0.251 e. The molecule has 2 heterocycles. The molecule has 0 saturated heterocycles. The highest BCUT2D eigenvalue weighted by molar-refractivity contribution is 7.91. The summed E-state index contributed by atoms with van der Waals surface area (Å²) in [7, 11) is -1.83. The van der Waals surface area contributed by atoms with E-state index in [9.17, 15) is 13.2 Å². The van der Waals surface area contributed by atoms with Gasteiger partial charge in [0.15, 0.2) is 14.9 Å². The summed E-state index contributed by atoms with van der Waals surface area (Å²) in [4.78, 5) is 14.1. The first-order chi connectivity index (χ1) is 11.3. The van der Waals surface area contributed by atoms with E-state index in [4.69, 9.17) is 0 Å². The van der Waals surface area contributed by atoms with Crippen LogP contribution in [0.2, 0.25) is 0 Å². The Morgan fingerprint density at radius 2 is 2.04 bits per heavy atom. The highest BCUT2D eigenvalue weighted by atomic mass is 32.2. The van der Waals surface area contributed by atoms with Crippen molar-refractivity contribution < 1.29 is 13.2 Å². The third kappa shape index (κ3) is 2.87. The molecule has 0 aliphatic carbocycles. The van der Waals surface area contributed by atoms with Crippen LogP contribution in [0.15, 0.2) is 35.4 Å². The van der Waals surface area contributed by atoms with Gasteiger partial charge in [0.1, 0.15) is 5.69 Å². The molecule has 0 radical (unpaired) electrons. The minimum absolute atomic E-state index is 0.0942. The predicted octanol–water partition coefficient (Wildman–Crippen LogP) is 1.87. The third-order valence-electron chi connectivity index (χ3n) is 4.01. The highest BCUT2D eigenvalue weighted by Crippen LogP contribution is 2.33. The number of aromatic nitrogens is 2. The van der Waals surface area contributed by atoms with Crippen molar-refractivity contribution in [3.05, 3.63) is 47.2 Å². The number of carbonyl (C=O) groups is 1. The second-order valence-corrected chi connectivity index (χ2v) is 7.94. The van der Waals surface area contributed by atoms with Crippen molar-refractivity contribution in [1.82, 2.24) is 9.78 Å². The number of amides is 1.